The average molecular weight is 322 g/mol. The maximum atomic E-state index is 10.3. The fraction of sp³-hybridized carbons (Fsp3) is 0.882. The van der Waals surface area contributed by atoms with Gasteiger partial charge in [-0.3, -0.25) is 5.10 Å². The van der Waals surface area contributed by atoms with Crippen molar-refractivity contribution in [3.05, 3.63) is 11.6 Å². The summed E-state index contributed by atoms with van der Waals surface area (Å²) in [5.74, 6) is 3.05. The van der Waals surface area contributed by atoms with Crippen LogP contribution in [0.15, 0.2) is 0 Å². The molecule has 0 bridgehead atoms. The molecule has 23 heavy (non-hydrogen) atoms. The molecule has 0 saturated heterocycles. The lowest BCUT2D eigenvalue weighted by Gasteiger charge is -2.30. The third-order valence-corrected chi connectivity index (χ3v) is 5.55. The van der Waals surface area contributed by atoms with Crippen LogP contribution in [0, 0.1) is 18.8 Å². The number of aliphatic hydroxyl groups excluding tert-OH is 1. The highest BCUT2D eigenvalue weighted by molar-refractivity contribution is 5.03. The van der Waals surface area contributed by atoms with Crippen molar-refractivity contribution in [2.75, 3.05) is 20.3 Å². The first-order valence-corrected chi connectivity index (χ1v) is 8.95. The van der Waals surface area contributed by atoms with Crippen LogP contribution in [0.5, 0.6) is 0 Å². The van der Waals surface area contributed by atoms with E-state index in [1.165, 1.54) is 25.7 Å². The summed E-state index contributed by atoms with van der Waals surface area (Å²) >= 11 is 0. The number of aryl methyl sites for hydroxylation is 1. The third kappa shape index (κ3) is 4.31. The first-order valence-electron chi connectivity index (χ1n) is 8.95. The zero-order valence-electron chi connectivity index (χ0n) is 14.3. The van der Waals surface area contributed by atoms with Gasteiger partial charge < -0.3 is 15.2 Å². The largest absolute Gasteiger partial charge is 0.393 e. The van der Waals surface area contributed by atoms with Crippen LogP contribution in [0.2, 0.25) is 0 Å². The molecule has 2 aliphatic rings. The lowest BCUT2D eigenvalue weighted by molar-refractivity contribution is 0.114. The van der Waals surface area contributed by atoms with Gasteiger partial charge >= 0.3 is 0 Å². The Labute approximate surface area is 138 Å². The number of aromatic nitrogens is 3. The van der Waals surface area contributed by atoms with Gasteiger partial charge in [-0.05, 0) is 57.3 Å². The Morgan fingerprint density at radius 2 is 2.04 bits per heavy atom. The molecule has 0 aromatic carbocycles. The zero-order valence-corrected chi connectivity index (χ0v) is 14.3. The summed E-state index contributed by atoms with van der Waals surface area (Å²) in [4.78, 5) is 4.43. The number of ether oxygens (including phenoxy) is 1. The second kappa shape index (κ2) is 7.73. The predicted molar refractivity (Wildman–Crippen MR) is 88.2 cm³/mol. The van der Waals surface area contributed by atoms with Crippen LogP contribution in [0.1, 0.15) is 56.1 Å². The number of H-pyrrole nitrogens is 1. The number of hydrogen-bond donors (Lipinski definition) is 3. The highest BCUT2D eigenvalue weighted by atomic mass is 16.5. The van der Waals surface area contributed by atoms with E-state index in [9.17, 15) is 5.11 Å². The van der Waals surface area contributed by atoms with E-state index in [1.54, 1.807) is 7.11 Å². The summed E-state index contributed by atoms with van der Waals surface area (Å²) in [6.45, 7) is 3.72. The number of rotatable bonds is 6. The molecule has 0 aliphatic heterocycles. The van der Waals surface area contributed by atoms with Crippen LogP contribution in [-0.2, 0) is 4.74 Å². The minimum atomic E-state index is -0.240. The van der Waals surface area contributed by atoms with Crippen LogP contribution in [0.3, 0.4) is 0 Å². The Morgan fingerprint density at radius 3 is 2.70 bits per heavy atom. The van der Waals surface area contributed by atoms with E-state index < -0.39 is 0 Å². The van der Waals surface area contributed by atoms with Crippen molar-refractivity contribution in [3.8, 4) is 0 Å². The highest BCUT2D eigenvalue weighted by Gasteiger charge is 2.36. The third-order valence-electron chi connectivity index (χ3n) is 5.55. The topological polar surface area (TPSA) is 83.1 Å². The molecular weight excluding hydrogens is 292 g/mol. The number of methoxy groups -OCH3 is 1. The lowest BCUT2D eigenvalue weighted by Crippen LogP contribution is -2.38. The summed E-state index contributed by atoms with van der Waals surface area (Å²) in [5, 5.41) is 21.2. The monoisotopic (exact) mass is 322 g/mol. The molecule has 0 spiro atoms. The van der Waals surface area contributed by atoms with Crippen LogP contribution >= 0.6 is 0 Å². The fourth-order valence-corrected chi connectivity index (χ4v) is 4.16. The Balaban J connectivity index is 1.42. The molecule has 130 valence electrons. The smallest absolute Gasteiger partial charge is 0.153 e. The number of hydrogen-bond acceptors (Lipinski definition) is 5. The van der Waals surface area contributed by atoms with Crippen molar-refractivity contribution in [3.63, 3.8) is 0 Å². The van der Waals surface area contributed by atoms with Gasteiger partial charge in [-0.1, -0.05) is 0 Å². The molecule has 6 heteroatoms. The fourth-order valence-electron chi connectivity index (χ4n) is 4.16. The number of nitrogens with zero attached hydrogens (tertiary/aromatic N) is 2. The van der Waals surface area contributed by atoms with Gasteiger partial charge in [-0.2, -0.15) is 5.10 Å². The van der Waals surface area contributed by atoms with E-state index in [0.29, 0.717) is 17.9 Å². The summed E-state index contributed by atoms with van der Waals surface area (Å²) < 4.78 is 5.26. The van der Waals surface area contributed by atoms with Gasteiger partial charge in [-0.15, -0.1) is 0 Å². The summed E-state index contributed by atoms with van der Waals surface area (Å²) in [6, 6.07) is 0.597. The quantitative estimate of drug-likeness (QED) is 0.743. The average Bonchev–Trinajstić information content (AvgIpc) is 3.13. The second-order valence-corrected chi connectivity index (χ2v) is 7.36. The molecular formula is C17H30N4O2. The molecule has 0 radical (unpaired) electrons. The van der Waals surface area contributed by atoms with Crippen molar-refractivity contribution in [2.24, 2.45) is 11.8 Å². The van der Waals surface area contributed by atoms with Gasteiger partial charge in [0, 0.05) is 32.2 Å². The van der Waals surface area contributed by atoms with Crippen molar-refractivity contribution in [1.82, 2.24) is 20.5 Å². The van der Waals surface area contributed by atoms with Crippen molar-refractivity contribution in [2.45, 2.75) is 63.5 Å². The first kappa shape index (κ1) is 16.9. The van der Waals surface area contributed by atoms with Gasteiger partial charge in [-0.25, -0.2) is 4.98 Å². The van der Waals surface area contributed by atoms with Gasteiger partial charge in [0.2, 0.25) is 0 Å². The summed E-state index contributed by atoms with van der Waals surface area (Å²) in [7, 11) is 1.79. The van der Waals surface area contributed by atoms with Gasteiger partial charge in [0.05, 0.1) is 6.10 Å². The molecule has 1 unspecified atom stereocenters. The molecule has 2 aliphatic carbocycles. The first-order chi connectivity index (χ1) is 11.2. The number of aliphatic hydroxyl groups is 1. The second-order valence-electron chi connectivity index (χ2n) is 7.36. The minimum absolute atomic E-state index is 0.240. The van der Waals surface area contributed by atoms with Crippen LogP contribution in [0.25, 0.3) is 0 Å². The number of aromatic amines is 1. The molecule has 2 fully saturated rings. The zero-order chi connectivity index (χ0) is 16.2. The standard InChI is InChI=1S/C17H30N4O2/c1-11-19-17(21-20-11)13-7-14(16(22)8-13)9-18-15-5-3-12(4-6-15)10-23-2/h12-16,18,22H,3-10H2,1-2H3,(H,19,20,21)/t12?,13?,14-,15?,16-/m1/s1. The van der Waals surface area contributed by atoms with E-state index in [0.717, 1.165) is 43.6 Å². The van der Waals surface area contributed by atoms with Crippen LogP contribution in [0.4, 0.5) is 0 Å². The maximum Gasteiger partial charge on any atom is 0.153 e. The molecule has 6 nitrogen and oxygen atoms in total. The van der Waals surface area contributed by atoms with E-state index in [-0.39, 0.29) is 6.10 Å². The molecule has 3 atom stereocenters. The highest BCUT2D eigenvalue weighted by Crippen LogP contribution is 2.37. The van der Waals surface area contributed by atoms with E-state index in [2.05, 4.69) is 20.5 Å². The molecule has 0 amide bonds. The van der Waals surface area contributed by atoms with E-state index >= 15 is 0 Å². The minimum Gasteiger partial charge on any atom is -0.393 e. The van der Waals surface area contributed by atoms with E-state index in [1.807, 2.05) is 6.92 Å². The SMILES string of the molecule is COCC1CCC(NC[C@H]2CC(c3n[nH]c(C)n3)C[C@H]2O)CC1. The van der Waals surface area contributed by atoms with Gasteiger partial charge in [0.15, 0.2) is 5.82 Å². The summed E-state index contributed by atoms with van der Waals surface area (Å²) in [6.07, 6.45) is 6.46. The Hall–Kier alpha value is -0.980. The Bertz CT molecular complexity index is 485. The van der Waals surface area contributed by atoms with Crippen molar-refractivity contribution < 1.29 is 9.84 Å². The molecule has 1 aromatic heterocycles. The lowest BCUT2D eigenvalue weighted by atomic mass is 9.86. The molecule has 2 saturated carbocycles. The maximum absolute atomic E-state index is 10.3. The van der Waals surface area contributed by atoms with Crippen molar-refractivity contribution in [1.29, 1.82) is 0 Å². The van der Waals surface area contributed by atoms with Gasteiger partial charge in [0.25, 0.3) is 0 Å². The van der Waals surface area contributed by atoms with Gasteiger partial charge in [0.1, 0.15) is 5.82 Å². The Morgan fingerprint density at radius 1 is 1.26 bits per heavy atom. The normalized spacial score (nSPS) is 34.8. The summed E-state index contributed by atoms with van der Waals surface area (Å²) in [5.41, 5.74) is 0. The molecule has 3 rings (SSSR count). The molecule has 3 N–H and O–H groups in total. The van der Waals surface area contributed by atoms with Crippen LogP contribution in [-0.4, -0.2) is 52.7 Å². The number of nitrogens with one attached hydrogen (secondary N) is 2. The van der Waals surface area contributed by atoms with E-state index in [4.69, 9.17) is 4.74 Å². The van der Waals surface area contributed by atoms with Crippen LogP contribution < -0.4 is 5.32 Å². The molecule has 1 heterocycles. The predicted octanol–water partition coefficient (Wildman–Crippen LogP) is 1.76. The van der Waals surface area contributed by atoms with Crippen molar-refractivity contribution >= 4 is 0 Å². The molecule has 1 aromatic rings. The Kier molecular flexibility index (Phi) is 5.67.